The number of hydrogen-bond donors (Lipinski definition) is 4. The molecule has 1 rings (SSSR count). The van der Waals surface area contributed by atoms with E-state index >= 15 is 0 Å². The molecule has 0 heterocycles. The van der Waals surface area contributed by atoms with Gasteiger partial charge in [-0.15, -0.1) is 5.53 Å². The molecule has 0 aliphatic carbocycles. The zero-order valence-corrected chi connectivity index (χ0v) is 8.10. The molecule has 0 aliphatic heterocycles. The minimum atomic E-state index is -0.269. The Morgan fingerprint density at radius 1 is 1.21 bits per heavy atom. The van der Waals surface area contributed by atoms with Gasteiger partial charge in [0.2, 0.25) is 0 Å². The van der Waals surface area contributed by atoms with Gasteiger partial charge in [0.15, 0.2) is 5.11 Å². The van der Waals surface area contributed by atoms with Crippen molar-refractivity contribution >= 4 is 23.2 Å². The predicted octanol–water partition coefficient (Wildman–Crippen LogP) is -0.331. The van der Waals surface area contributed by atoms with Crippen LogP contribution in [0.1, 0.15) is 10.4 Å². The van der Waals surface area contributed by atoms with Gasteiger partial charge in [0, 0.05) is 5.56 Å². The summed E-state index contributed by atoms with van der Waals surface area (Å²) in [4.78, 5) is 11.3. The van der Waals surface area contributed by atoms with Crippen molar-refractivity contribution in [2.24, 2.45) is 5.73 Å². The van der Waals surface area contributed by atoms with Crippen molar-refractivity contribution < 1.29 is 4.79 Å². The predicted molar refractivity (Wildman–Crippen MR) is 57.0 cm³/mol. The number of rotatable bonds is 3. The van der Waals surface area contributed by atoms with Gasteiger partial charge in [0.25, 0.3) is 5.91 Å². The van der Waals surface area contributed by atoms with E-state index in [1.165, 1.54) is 0 Å². The van der Waals surface area contributed by atoms with Gasteiger partial charge in [0.1, 0.15) is 0 Å². The van der Waals surface area contributed by atoms with Crippen molar-refractivity contribution in [1.82, 2.24) is 16.4 Å². The standard InChI is InChI=1S/C8H10N4OS/c9-8(14)11-12-10-7(13)6-4-2-1-3-5-6/h1-5,12H,(H,10,13)(H3,9,11,14). The summed E-state index contributed by atoms with van der Waals surface area (Å²) in [5, 5.41) is 0.0540. The average Bonchev–Trinajstić information content (AvgIpc) is 2.18. The number of nitrogens with two attached hydrogens (primary N) is 1. The fraction of sp³-hybridized carbons (Fsp3) is 0. The summed E-state index contributed by atoms with van der Waals surface area (Å²) in [6.45, 7) is 0. The lowest BCUT2D eigenvalue weighted by Gasteiger charge is -2.07. The Labute approximate surface area is 86.6 Å². The Bertz CT molecular complexity index is 327. The van der Waals surface area contributed by atoms with Crippen molar-refractivity contribution in [3.63, 3.8) is 0 Å². The summed E-state index contributed by atoms with van der Waals surface area (Å²) in [6.07, 6.45) is 0. The van der Waals surface area contributed by atoms with E-state index in [1.54, 1.807) is 24.3 Å². The van der Waals surface area contributed by atoms with Gasteiger partial charge in [-0.1, -0.05) is 18.2 Å². The van der Waals surface area contributed by atoms with Crippen LogP contribution in [-0.4, -0.2) is 11.0 Å². The summed E-state index contributed by atoms with van der Waals surface area (Å²) < 4.78 is 0. The lowest BCUT2D eigenvalue weighted by Crippen LogP contribution is -2.50. The molecule has 0 unspecified atom stereocenters. The first kappa shape index (κ1) is 10.4. The van der Waals surface area contributed by atoms with E-state index < -0.39 is 0 Å². The number of hydrazine groups is 2. The highest BCUT2D eigenvalue weighted by atomic mass is 32.1. The van der Waals surface area contributed by atoms with Crippen LogP contribution in [0.15, 0.2) is 30.3 Å². The number of benzene rings is 1. The zero-order chi connectivity index (χ0) is 10.4. The Hall–Kier alpha value is -1.66. The lowest BCUT2D eigenvalue weighted by molar-refractivity contribution is 0.0929. The monoisotopic (exact) mass is 210 g/mol. The van der Waals surface area contributed by atoms with E-state index in [0.29, 0.717) is 5.56 Å². The van der Waals surface area contributed by atoms with E-state index in [2.05, 4.69) is 28.6 Å². The lowest BCUT2D eigenvalue weighted by atomic mass is 10.2. The normalized spacial score (nSPS) is 9.14. The van der Waals surface area contributed by atoms with E-state index in [-0.39, 0.29) is 11.0 Å². The molecule has 0 spiro atoms. The van der Waals surface area contributed by atoms with Gasteiger partial charge in [-0.05, 0) is 24.4 Å². The second-order valence-electron chi connectivity index (χ2n) is 2.43. The molecule has 0 saturated carbocycles. The van der Waals surface area contributed by atoms with Gasteiger partial charge in [0.05, 0.1) is 0 Å². The molecule has 5 nitrogen and oxygen atoms in total. The molecule has 1 amide bonds. The van der Waals surface area contributed by atoms with E-state index in [1.807, 2.05) is 6.07 Å². The van der Waals surface area contributed by atoms with Crippen molar-refractivity contribution in [3.05, 3.63) is 35.9 Å². The van der Waals surface area contributed by atoms with Gasteiger partial charge in [-0.3, -0.25) is 15.6 Å². The molecule has 1 aromatic carbocycles. The van der Waals surface area contributed by atoms with Crippen LogP contribution in [0.3, 0.4) is 0 Å². The summed E-state index contributed by atoms with van der Waals surface area (Å²) in [7, 11) is 0. The first-order chi connectivity index (χ1) is 6.70. The van der Waals surface area contributed by atoms with Crippen LogP contribution in [0.4, 0.5) is 0 Å². The minimum absolute atomic E-state index is 0.0540. The molecular weight excluding hydrogens is 200 g/mol. The number of carbonyl (C=O) groups excluding carboxylic acids is 1. The Balaban J connectivity index is 2.40. The van der Waals surface area contributed by atoms with Crippen LogP contribution in [0.2, 0.25) is 0 Å². The molecule has 0 bridgehead atoms. The first-order valence-electron chi connectivity index (χ1n) is 3.86. The quantitative estimate of drug-likeness (QED) is 0.406. The van der Waals surface area contributed by atoms with E-state index in [0.717, 1.165) is 0 Å². The van der Waals surface area contributed by atoms with Crippen LogP contribution in [-0.2, 0) is 0 Å². The Kier molecular flexibility index (Phi) is 3.84. The van der Waals surface area contributed by atoms with E-state index in [9.17, 15) is 4.79 Å². The van der Waals surface area contributed by atoms with E-state index in [4.69, 9.17) is 5.73 Å². The molecule has 0 aromatic heterocycles. The number of amides is 1. The zero-order valence-electron chi connectivity index (χ0n) is 7.28. The highest BCUT2D eigenvalue weighted by Gasteiger charge is 2.01. The molecular formula is C8H10N4OS. The van der Waals surface area contributed by atoms with Crippen molar-refractivity contribution in [2.45, 2.75) is 0 Å². The topological polar surface area (TPSA) is 79.2 Å². The van der Waals surface area contributed by atoms with Gasteiger partial charge < -0.3 is 5.73 Å². The molecule has 1 aromatic rings. The second-order valence-corrected chi connectivity index (χ2v) is 2.87. The summed E-state index contributed by atoms with van der Waals surface area (Å²) in [6, 6.07) is 8.76. The molecule has 5 N–H and O–H groups in total. The molecule has 6 heteroatoms. The molecule has 0 fully saturated rings. The Morgan fingerprint density at radius 3 is 2.43 bits per heavy atom. The smallest absolute Gasteiger partial charge is 0.266 e. The maximum absolute atomic E-state index is 11.3. The van der Waals surface area contributed by atoms with Crippen molar-refractivity contribution in [1.29, 1.82) is 0 Å². The number of hydrogen-bond acceptors (Lipinski definition) is 3. The second kappa shape index (κ2) is 5.15. The summed E-state index contributed by atoms with van der Waals surface area (Å²) in [5.41, 5.74) is 12.8. The third kappa shape index (κ3) is 3.38. The van der Waals surface area contributed by atoms with Crippen LogP contribution in [0.25, 0.3) is 0 Å². The van der Waals surface area contributed by atoms with Crippen LogP contribution in [0, 0.1) is 0 Å². The highest BCUT2D eigenvalue weighted by Crippen LogP contribution is 1.96. The molecule has 14 heavy (non-hydrogen) atoms. The number of carbonyl (C=O) groups is 1. The van der Waals surface area contributed by atoms with Crippen LogP contribution >= 0.6 is 12.2 Å². The Morgan fingerprint density at radius 2 is 1.86 bits per heavy atom. The highest BCUT2D eigenvalue weighted by molar-refractivity contribution is 7.80. The van der Waals surface area contributed by atoms with Crippen molar-refractivity contribution in [2.75, 3.05) is 0 Å². The molecule has 0 atom stereocenters. The minimum Gasteiger partial charge on any atom is -0.375 e. The molecule has 0 aliphatic rings. The average molecular weight is 210 g/mol. The molecule has 0 saturated heterocycles. The van der Waals surface area contributed by atoms with Crippen molar-refractivity contribution in [3.8, 4) is 0 Å². The number of thiocarbonyl (C=S) groups is 1. The third-order valence-electron chi connectivity index (χ3n) is 1.40. The third-order valence-corrected chi connectivity index (χ3v) is 1.50. The van der Waals surface area contributed by atoms with Crippen LogP contribution < -0.4 is 22.1 Å². The van der Waals surface area contributed by atoms with Gasteiger partial charge in [-0.25, -0.2) is 0 Å². The first-order valence-corrected chi connectivity index (χ1v) is 4.27. The van der Waals surface area contributed by atoms with Gasteiger partial charge in [-0.2, -0.15) is 0 Å². The SMILES string of the molecule is NC(=S)NNNC(=O)c1ccccc1. The maximum atomic E-state index is 11.3. The summed E-state index contributed by atoms with van der Waals surface area (Å²) >= 11 is 4.52. The maximum Gasteiger partial charge on any atom is 0.266 e. The molecule has 74 valence electrons. The van der Waals surface area contributed by atoms with Gasteiger partial charge >= 0.3 is 0 Å². The number of nitrogens with one attached hydrogen (secondary N) is 3. The fourth-order valence-corrected chi connectivity index (χ4v) is 0.862. The fourth-order valence-electron chi connectivity index (χ4n) is 0.811. The van der Waals surface area contributed by atoms with Crippen LogP contribution in [0.5, 0.6) is 0 Å². The summed E-state index contributed by atoms with van der Waals surface area (Å²) in [5.74, 6) is -0.269. The largest absolute Gasteiger partial charge is 0.375 e. The molecule has 0 radical (unpaired) electrons.